The Labute approximate surface area is 53.4 Å². The summed E-state index contributed by atoms with van der Waals surface area (Å²) < 4.78 is 34.7. The molecule has 56 valence electrons. The molecular weight excluding hydrogens is 151 g/mol. The Balaban J connectivity index is 2.69. The van der Waals surface area contributed by atoms with Crippen LogP contribution >= 0.6 is 0 Å². The van der Waals surface area contributed by atoms with Crippen molar-refractivity contribution >= 4 is 11.7 Å². The quantitative estimate of drug-likeness (QED) is 0.484. The molecule has 0 saturated heterocycles. The smallest absolute Gasteiger partial charge is 0.318 e. The van der Waals surface area contributed by atoms with Crippen LogP contribution in [0.25, 0.3) is 0 Å². The minimum atomic E-state index is -4.54. The lowest BCUT2D eigenvalue weighted by Gasteiger charge is -1.99. The van der Waals surface area contributed by atoms with Gasteiger partial charge in [-0.25, -0.2) is 4.79 Å². The molecule has 0 aromatic rings. The van der Waals surface area contributed by atoms with Gasteiger partial charge in [-0.2, -0.15) is 13.2 Å². The SMILES string of the molecule is O=C1CC(C(F)(F)F)=NO1. The van der Waals surface area contributed by atoms with Crippen LogP contribution < -0.4 is 0 Å². The molecule has 1 rings (SSSR count). The number of hydrogen-bond donors (Lipinski definition) is 0. The maximum absolute atomic E-state index is 11.6. The normalized spacial score (nSPS) is 18.7. The van der Waals surface area contributed by atoms with Gasteiger partial charge in [0.1, 0.15) is 0 Å². The highest BCUT2D eigenvalue weighted by Gasteiger charge is 2.41. The molecule has 3 nitrogen and oxygen atoms in total. The minimum absolute atomic E-state index is 0.774. The Morgan fingerprint density at radius 2 is 2.10 bits per heavy atom. The maximum atomic E-state index is 11.6. The van der Waals surface area contributed by atoms with E-state index in [0.29, 0.717) is 0 Å². The Morgan fingerprint density at radius 3 is 2.30 bits per heavy atom. The monoisotopic (exact) mass is 153 g/mol. The second-order valence-corrected chi connectivity index (χ2v) is 1.68. The largest absolute Gasteiger partial charge is 0.433 e. The van der Waals surface area contributed by atoms with Crippen molar-refractivity contribution < 1.29 is 22.8 Å². The van der Waals surface area contributed by atoms with Crippen LogP contribution in [0, 0.1) is 0 Å². The summed E-state index contributed by atoms with van der Waals surface area (Å²) >= 11 is 0. The average Bonchev–Trinajstić information content (AvgIpc) is 2.11. The first-order chi connectivity index (χ1) is 4.50. The molecule has 6 heteroatoms. The highest BCUT2D eigenvalue weighted by atomic mass is 19.4. The molecule has 10 heavy (non-hydrogen) atoms. The molecule has 0 saturated carbocycles. The van der Waals surface area contributed by atoms with Gasteiger partial charge in [0.25, 0.3) is 0 Å². The first kappa shape index (κ1) is 7.04. The molecular formula is C4H2F3NO2. The molecule has 0 aromatic heterocycles. The van der Waals surface area contributed by atoms with Crippen LogP contribution in [0.4, 0.5) is 13.2 Å². The van der Waals surface area contributed by atoms with Crippen molar-refractivity contribution in [3.05, 3.63) is 0 Å². The molecule has 0 fully saturated rings. The van der Waals surface area contributed by atoms with Crippen LogP contribution in [0.5, 0.6) is 0 Å². The van der Waals surface area contributed by atoms with Gasteiger partial charge in [0.2, 0.25) is 0 Å². The van der Waals surface area contributed by atoms with Crippen LogP contribution in [-0.4, -0.2) is 17.9 Å². The molecule has 0 amide bonds. The molecule has 1 aliphatic rings. The third-order valence-corrected chi connectivity index (χ3v) is 0.897. The van der Waals surface area contributed by atoms with Gasteiger partial charge in [-0.1, -0.05) is 5.16 Å². The van der Waals surface area contributed by atoms with Crippen molar-refractivity contribution in [2.75, 3.05) is 0 Å². The number of carbonyl (C=O) groups excluding carboxylic acids is 1. The first-order valence-electron chi connectivity index (χ1n) is 2.34. The van der Waals surface area contributed by atoms with Crippen LogP contribution in [0.2, 0.25) is 0 Å². The molecule has 0 radical (unpaired) electrons. The third kappa shape index (κ3) is 1.26. The van der Waals surface area contributed by atoms with E-state index >= 15 is 0 Å². The topological polar surface area (TPSA) is 38.7 Å². The van der Waals surface area contributed by atoms with E-state index in [9.17, 15) is 18.0 Å². The zero-order valence-electron chi connectivity index (χ0n) is 4.60. The number of rotatable bonds is 0. The zero-order chi connectivity index (χ0) is 7.78. The van der Waals surface area contributed by atoms with Gasteiger partial charge in [-0.15, -0.1) is 0 Å². The lowest BCUT2D eigenvalue weighted by Crippen LogP contribution is -2.21. The molecule has 0 atom stereocenters. The van der Waals surface area contributed by atoms with Gasteiger partial charge in [0.05, 0.1) is 6.42 Å². The molecule has 1 aliphatic heterocycles. The highest BCUT2D eigenvalue weighted by Crippen LogP contribution is 2.22. The summed E-state index contributed by atoms with van der Waals surface area (Å²) in [5, 5.41) is 2.53. The van der Waals surface area contributed by atoms with E-state index in [-0.39, 0.29) is 0 Å². The summed E-state index contributed by atoms with van der Waals surface area (Å²) in [5.74, 6) is -0.965. The Bertz CT molecular complexity index is 195. The summed E-state index contributed by atoms with van der Waals surface area (Å²) in [5.41, 5.74) is -1.17. The highest BCUT2D eigenvalue weighted by molar-refractivity contribution is 6.04. The van der Waals surface area contributed by atoms with Crippen molar-refractivity contribution in [3.8, 4) is 0 Å². The number of nitrogens with zero attached hydrogens (tertiary/aromatic N) is 1. The number of hydrogen-bond acceptors (Lipinski definition) is 3. The van der Waals surface area contributed by atoms with Crippen molar-refractivity contribution in [2.45, 2.75) is 12.6 Å². The van der Waals surface area contributed by atoms with Gasteiger partial charge in [-0.3, -0.25) is 0 Å². The fourth-order valence-electron chi connectivity index (χ4n) is 0.459. The van der Waals surface area contributed by atoms with E-state index in [0.717, 1.165) is 0 Å². The number of alkyl halides is 3. The first-order valence-corrected chi connectivity index (χ1v) is 2.34. The van der Waals surface area contributed by atoms with Gasteiger partial charge >= 0.3 is 12.1 Å². The van der Waals surface area contributed by atoms with Crippen LogP contribution in [-0.2, 0) is 9.63 Å². The average molecular weight is 153 g/mol. The molecule has 0 spiro atoms. The summed E-state index contributed by atoms with van der Waals surface area (Å²) in [4.78, 5) is 13.8. The fourth-order valence-corrected chi connectivity index (χ4v) is 0.459. The molecule has 1 heterocycles. The zero-order valence-corrected chi connectivity index (χ0v) is 4.60. The van der Waals surface area contributed by atoms with Crippen LogP contribution in [0.1, 0.15) is 6.42 Å². The Kier molecular flexibility index (Phi) is 1.38. The number of oxime groups is 1. The number of halogens is 3. The summed E-state index contributed by atoms with van der Waals surface area (Å²) in [7, 11) is 0. The molecule has 0 bridgehead atoms. The number of carbonyl (C=O) groups is 1. The van der Waals surface area contributed by atoms with E-state index in [2.05, 4.69) is 9.99 Å². The van der Waals surface area contributed by atoms with Gasteiger partial charge in [0, 0.05) is 0 Å². The maximum Gasteiger partial charge on any atom is 0.433 e. The van der Waals surface area contributed by atoms with Gasteiger partial charge < -0.3 is 4.84 Å². The summed E-state index contributed by atoms with van der Waals surface area (Å²) in [6.07, 6.45) is -5.31. The molecule has 0 aliphatic carbocycles. The molecule has 0 unspecified atom stereocenters. The van der Waals surface area contributed by atoms with Crippen molar-refractivity contribution in [2.24, 2.45) is 5.16 Å². The van der Waals surface area contributed by atoms with Gasteiger partial charge in [0.15, 0.2) is 5.71 Å². The summed E-state index contributed by atoms with van der Waals surface area (Å²) in [6.45, 7) is 0. The van der Waals surface area contributed by atoms with Crippen molar-refractivity contribution in [1.82, 2.24) is 0 Å². The van der Waals surface area contributed by atoms with Gasteiger partial charge in [-0.05, 0) is 0 Å². The van der Waals surface area contributed by atoms with E-state index in [1.54, 1.807) is 0 Å². The fraction of sp³-hybridized carbons (Fsp3) is 0.500. The lowest BCUT2D eigenvalue weighted by molar-refractivity contribution is -0.140. The van der Waals surface area contributed by atoms with Crippen LogP contribution in [0.15, 0.2) is 5.16 Å². The second-order valence-electron chi connectivity index (χ2n) is 1.68. The predicted molar refractivity (Wildman–Crippen MR) is 24.2 cm³/mol. The van der Waals surface area contributed by atoms with Crippen molar-refractivity contribution in [1.29, 1.82) is 0 Å². The molecule has 0 aromatic carbocycles. The van der Waals surface area contributed by atoms with E-state index in [1.807, 2.05) is 0 Å². The minimum Gasteiger partial charge on any atom is -0.318 e. The van der Waals surface area contributed by atoms with E-state index < -0.39 is 24.3 Å². The molecule has 0 N–H and O–H groups in total. The Hall–Kier alpha value is -1.07. The van der Waals surface area contributed by atoms with E-state index in [4.69, 9.17) is 0 Å². The van der Waals surface area contributed by atoms with E-state index in [1.165, 1.54) is 0 Å². The third-order valence-electron chi connectivity index (χ3n) is 0.897. The van der Waals surface area contributed by atoms with Crippen LogP contribution in [0.3, 0.4) is 0 Å². The lowest BCUT2D eigenvalue weighted by atomic mass is 10.3. The Morgan fingerprint density at radius 1 is 1.50 bits per heavy atom. The summed E-state index contributed by atoms with van der Waals surface area (Å²) in [6, 6.07) is 0. The van der Waals surface area contributed by atoms with Crippen molar-refractivity contribution in [3.63, 3.8) is 0 Å². The standard InChI is InChI=1S/C4H2F3NO2/c5-4(6,7)2-1-3(9)10-8-2/h1H2. The second kappa shape index (κ2) is 1.96. The predicted octanol–water partition coefficient (Wildman–Crippen LogP) is 0.852.